The average molecular weight is 364 g/mol. The van der Waals surface area contributed by atoms with Gasteiger partial charge in [0.25, 0.3) is 0 Å². The molecule has 0 bridgehead atoms. The van der Waals surface area contributed by atoms with Crippen LogP contribution in [0, 0.1) is 12.8 Å². The summed E-state index contributed by atoms with van der Waals surface area (Å²) in [5, 5.41) is 7.07. The van der Waals surface area contributed by atoms with Crippen LogP contribution in [-0.2, 0) is 21.2 Å². The van der Waals surface area contributed by atoms with E-state index in [1.54, 1.807) is 19.2 Å². The normalized spacial score (nSPS) is 21.7. The number of rotatable bonds is 6. The molecule has 0 aliphatic carbocycles. The number of hydrogen-bond donors (Lipinski definition) is 1. The lowest BCUT2D eigenvalue weighted by Crippen LogP contribution is -2.29. The quantitative estimate of drug-likeness (QED) is 0.843. The van der Waals surface area contributed by atoms with E-state index in [0.717, 1.165) is 17.8 Å². The number of nitrogens with one attached hydrogen (secondary N) is 1. The van der Waals surface area contributed by atoms with Crippen LogP contribution in [0.15, 0.2) is 29.2 Å². The smallest absolute Gasteiger partial charge is 0.243 e. The summed E-state index contributed by atoms with van der Waals surface area (Å²) in [6.07, 6.45) is 0.881. The van der Waals surface area contributed by atoms with Crippen LogP contribution in [0.4, 0.5) is 0 Å². The lowest BCUT2D eigenvalue weighted by Gasteiger charge is -2.16. The Bertz CT molecular complexity index is 817. The van der Waals surface area contributed by atoms with E-state index in [0.29, 0.717) is 30.4 Å². The lowest BCUT2D eigenvalue weighted by atomic mass is 9.96. The zero-order chi connectivity index (χ0) is 18.0. The molecule has 2 atom stereocenters. The van der Waals surface area contributed by atoms with Crippen molar-refractivity contribution in [3.8, 4) is 0 Å². The number of H-pyrrole nitrogens is 1. The molecule has 1 aromatic carbocycles. The van der Waals surface area contributed by atoms with Gasteiger partial charge in [-0.2, -0.15) is 9.40 Å². The zero-order valence-electron chi connectivity index (χ0n) is 14.8. The predicted octanol–water partition coefficient (Wildman–Crippen LogP) is 1.73. The summed E-state index contributed by atoms with van der Waals surface area (Å²) in [6.45, 7) is 5.12. The molecular weight excluding hydrogens is 340 g/mol. The molecule has 0 amide bonds. The van der Waals surface area contributed by atoms with Crippen LogP contribution >= 0.6 is 0 Å². The van der Waals surface area contributed by atoms with E-state index in [1.807, 2.05) is 26.0 Å². The van der Waals surface area contributed by atoms with Crippen molar-refractivity contribution in [3.05, 3.63) is 41.5 Å². The molecule has 3 rings (SSSR count). The third kappa shape index (κ3) is 3.61. The molecular formula is C17H24N4O3S. The van der Waals surface area contributed by atoms with E-state index in [9.17, 15) is 8.42 Å². The highest BCUT2D eigenvalue weighted by atomic mass is 32.2. The van der Waals surface area contributed by atoms with E-state index in [1.165, 1.54) is 4.31 Å². The van der Waals surface area contributed by atoms with Crippen molar-refractivity contribution in [2.75, 3.05) is 26.8 Å². The number of aryl methyl sites for hydroxylation is 2. The Morgan fingerprint density at radius 1 is 1.28 bits per heavy atom. The van der Waals surface area contributed by atoms with Crippen LogP contribution < -0.4 is 0 Å². The van der Waals surface area contributed by atoms with Crippen LogP contribution in [0.25, 0.3) is 0 Å². The number of benzene rings is 1. The van der Waals surface area contributed by atoms with Gasteiger partial charge in [-0.1, -0.05) is 19.1 Å². The SMILES string of the molecule is CCc1ccc(S(=O)(=O)N2C[C@@H](COC)[C@H](c3n[nH]c(C)n3)C2)cc1. The Balaban J connectivity index is 1.86. The molecule has 0 spiro atoms. The molecule has 25 heavy (non-hydrogen) atoms. The Kier molecular flexibility index (Phi) is 5.21. The Hall–Kier alpha value is -1.77. The Morgan fingerprint density at radius 3 is 2.56 bits per heavy atom. The van der Waals surface area contributed by atoms with E-state index >= 15 is 0 Å². The highest BCUT2D eigenvalue weighted by molar-refractivity contribution is 7.89. The third-order valence-corrected chi connectivity index (χ3v) is 6.55. The fraction of sp³-hybridized carbons (Fsp3) is 0.529. The molecule has 1 N–H and O–H groups in total. The molecule has 2 aromatic rings. The second kappa shape index (κ2) is 7.23. The van der Waals surface area contributed by atoms with Gasteiger partial charge in [-0.25, -0.2) is 13.4 Å². The van der Waals surface area contributed by atoms with Gasteiger partial charge in [-0.3, -0.25) is 5.10 Å². The van der Waals surface area contributed by atoms with Crippen molar-refractivity contribution < 1.29 is 13.2 Å². The molecule has 0 unspecified atom stereocenters. The molecule has 1 fully saturated rings. The topological polar surface area (TPSA) is 88.2 Å². The summed E-state index contributed by atoms with van der Waals surface area (Å²) in [5.74, 6) is 1.33. The lowest BCUT2D eigenvalue weighted by molar-refractivity contribution is 0.150. The minimum Gasteiger partial charge on any atom is -0.384 e. The van der Waals surface area contributed by atoms with Gasteiger partial charge in [0.2, 0.25) is 10.0 Å². The summed E-state index contributed by atoms with van der Waals surface area (Å²) in [6, 6.07) is 7.10. The second-order valence-corrected chi connectivity index (χ2v) is 8.36. The summed E-state index contributed by atoms with van der Waals surface area (Å²) < 4.78 is 32.8. The Morgan fingerprint density at radius 2 is 2.00 bits per heavy atom. The number of nitrogens with zero attached hydrogens (tertiary/aromatic N) is 3. The Labute approximate surface area is 148 Å². The number of sulfonamides is 1. The summed E-state index contributed by atoms with van der Waals surface area (Å²) in [4.78, 5) is 4.72. The first-order valence-corrected chi connectivity index (χ1v) is 9.86. The van der Waals surface area contributed by atoms with Crippen LogP contribution in [0.2, 0.25) is 0 Å². The van der Waals surface area contributed by atoms with Gasteiger partial charge in [-0.05, 0) is 31.0 Å². The van der Waals surface area contributed by atoms with Gasteiger partial charge in [-0.15, -0.1) is 0 Å². The largest absolute Gasteiger partial charge is 0.384 e. The number of aromatic nitrogens is 3. The maximum absolute atomic E-state index is 13.0. The molecule has 1 aromatic heterocycles. The van der Waals surface area contributed by atoms with Crippen molar-refractivity contribution in [2.24, 2.45) is 5.92 Å². The van der Waals surface area contributed by atoms with Crippen molar-refractivity contribution >= 4 is 10.0 Å². The van der Waals surface area contributed by atoms with Gasteiger partial charge in [0.15, 0.2) is 5.82 Å². The van der Waals surface area contributed by atoms with Crippen molar-refractivity contribution in [2.45, 2.75) is 31.1 Å². The predicted molar refractivity (Wildman–Crippen MR) is 93.8 cm³/mol. The van der Waals surface area contributed by atoms with E-state index in [-0.39, 0.29) is 11.8 Å². The third-order valence-electron chi connectivity index (χ3n) is 4.70. The maximum Gasteiger partial charge on any atom is 0.243 e. The number of aromatic amines is 1. The van der Waals surface area contributed by atoms with E-state index < -0.39 is 10.0 Å². The van der Waals surface area contributed by atoms with Gasteiger partial charge in [0.1, 0.15) is 5.82 Å². The van der Waals surface area contributed by atoms with Crippen molar-refractivity contribution in [1.82, 2.24) is 19.5 Å². The summed E-state index contributed by atoms with van der Waals surface area (Å²) in [7, 11) is -1.91. The van der Waals surface area contributed by atoms with Crippen LogP contribution in [0.3, 0.4) is 0 Å². The monoisotopic (exact) mass is 364 g/mol. The first-order valence-electron chi connectivity index (χ1n) is 8.42. The molecule has 7 nitrogen and oxygen atoms in total. The average Bonchev–Trinajstić information content (AvgIpc) is 3.22. The van der Waals surface area contributed by atoms with E-state index in [4.69, 9.17) is 4.74 Å². The van der Waals surface area contributed by atoms with Crippen LogP contribution in [0.1, 0.15) is 30.1 Å². The second-order valence-electron chi connectivity index (χ2n) is 6.42. The highest BCUT2D eigenvalue weighted by Crippen LogP contribution is 2.34. The van der Waals surface area contributed by atoms with Gasteiger partial charge < -0.3 is 4.74 Å². The molecule has 2 heterocycles. The first kappa shape index (κ1) is 18.0. The number of methoxy groups -OCH3 is 1. The maximum atomic E-state index is 13.0. The molecule has 0 radical (unpaired) electrons. The number of ether oxygens (including phenoxy) is 1. The van der Waals surface area contributed by atoms with Gasteiger partial charge in [0.05, 0.1) is 11.5 Å². The molecule has 136 valence electrons. The summed E-state index contributed by atoms with van der Waals surface area (Å²) in [5.41, 5.74) is 1.12. The summed E-state index contributed by atoms with van der Waals surface area (Å²) >= 11 is 0. The molecule has 1 aliphatic heterocycles. The minimum atomic E-state index is -3.54. The van der Waals surface area contributed by atoms with Gasteiger partial charge >= 0.3 is 0 Å². The minimum absolute atomic E-state index is 0.0323. The first-order chi connectivity index (χ1) is 12.0. The van der Waals surface area contributed by atoms with Crippen LogP contribution in [-0.4, -0.2) is 54.7 Å². The highest BCUT2D eigenvalue weighted by Gasteiger charge is 2.41. The molecule has 8 heteroatoms. The van der Waals surface area contributed by atoms with Crippen molar-refractivity contribution in [3.63, 3.8) is 0 Å². The zero-order valence-corrected chi connectivity index (χ0v) is 15.6. The fourth-order valence-corrected chi connectivity index (χ4v) is 4.80. The van der Waals surface area contributed by atoms with E-state index in [2.05, 4.69) is 15.2 Å². The molecule has 1 saturated heterocycles. The van der Waals surface area contributed by atoms with Crippen LogP contribution in [0.5, 0.6) is 0 Å². The van der Waals surface area contributed by atoms with Crippen molar-refractivity contribution in [1.29, 1.82) is 0 Å². The fourth-order valence-electron chi connectivity index (χ4n) is 3.28. The number of hydrogen-bond acceptors (Lipinski definition) is 5. The van der Waals surface area contributed by atoms with Gasteiger partial charge in [0, 0.05) is 32.0 Å². The standard InChI is InChI=1S/C17H24N4O3S/c1-4-13-5-7-15(8-6-13)25(22,23)21-9-14(11-24-3)16(10-21)17-18-12(2)19-20-17/h5-8,14,16H,4,9-11H2,1-3H3,(H,18,19,20)/t14-,16+/m0/s1. The molecule has 0 saturated carbocycles. The molecule has 1 aliphatic rings.